The first-order valence-corrected chi connectivity index (χ1v) is 7.44. The molecule has 1 aliphatic rings. The van der Waals surface area contributed by atoms with E-state index >= 15 is 0 Å². The molecule has 96 valence electrons. The molecule has 0 saturated heterocycles. The molecule has 18 heavy (non-hydrogen) atoms. The summed E-state index contributed by atoms with van der Waals surface area (Å²) < 4.78 is 0. The van der Waals surface area contributed by atoms with E-state index in [1.807, 2.05) is 0 Å². The van der Waals surface area contributed by atoms with Crippen molar-refractivity contribution in [1.82, 2.24) is 20.1 Å². The number of thiophene rings is 1. The first-order valence-electron chi connectivity index (χ1n) is 6.50. The van der Waals surface area contributed by atoms with Crippen LogP contribution >= 0.6 is 11.3 Å². The van der Waals surface area contributed by atoms with Gasteiger partial charge < -0.3 is 0 Å². The summed E-state index contributed by atoms with van der Waals surface area (Å²) in [4.78, 5) is 7.00. The van der Waals surface area contributed by atoms with Crippen LogP contribution in [0.15, 0.2) is 16.8 Å². The predicted molar refractivity (Wildman–Crippen MR) is 72.3 cm³/mol. The molecule has 0 aromatic carbocycles. The van der Waals surface area contributed by atoms with Crippen molar-refractivity contribution in [3.8, 4) is 0 Å². The third-order valence-electron chi connectivity index (χ3n) is 3.28. The zero-order valence-corrected chi connectivity index (χ0v) is 11.4. The van der Waals surface area contributed by atoms with Gasteiger partial charge in [0, 0.05) is 19.0 Å². The molecule has 0 bridgehead atoms. The topological polar surface area (TPSA) is 44.8 Å². The largest absolute Gasteiger partial charge is 0.289 e. The SMILES string of the molecule is CCc1n[nH]c(CN(Cc2ccsc2)C2CC2)n1. The van der Waals surface area contributed by atoms with Crippen molar-refractivity contribution in [2.24, 2.45) is 0 Å². The molecule has 0 unspecified atom stereocenters. The molecule has 2 aromatic heterocycles. The second-order valence-electron chi connectivity index (χ2n) is 4.82. The Kier molecular flexibility index (Phi) is 3.43. The molecule has 0 spiro atoms. The molecule has 1 fully saturated rings. The minimum Gasteiger partial charge on any atom is -0.289 e. The van der Waals surface area contributed by atoms with Gasteiger partial charge >= 0.3 is 0 Å². The van der Waals surface area contributed by atoms with Gasteiger partial charge in [0.25, 0.3) is 0 Å². The Hall–Kier alpha value is -1.20. The molecule has 5 heteroatoms. The molecule has 3 rings (SSSR count). The van der Waals surface area contributed by atoms with E-state index in [4.69, 9.17) is 0 Å². The molecule has 0 atom stereocenters. The van der Waals surface area contributed by atoms with Gasteiger partial charge in [-0.2, -0.15) is 16.4 Å². The molecular formula is C13H18N4S. The number of nitrogens with one attached hydrogen (secondary N) is 1. The number of hydrogen-bond acceptors (Lipinski definition) is 4. The van der Waals surface area contributed by atoms with Gasteiger partial charge in [-0.15, -0.1) is 0 Å². The maximum Gasteiger partial charge on any atom is 0.150 e. The Morgan fingerprint density at radius 3 is 2.94 bits per heavy atom. The van der Waals surface area contributed by atoms with Crippen molar-refractivity contribution < 1.29 is 0 Å². The van der Waals surface area contributed by atoms with E-state index in [-0.39, 0.29) is 0 Å². The Bertz CT molecular complexity index is 487. The number of aromatic amines is 1. The fraction of sp³-hybridized carbons (Fsp3) is 0.538. The van der Waals surface area contributed by atoms with Crippen LogP contribution in [0.5, 0.6) is 0 Å². The highest BCUT2D eigenvalue weighted by molar-refractivity contribution is 7.07. The van der Waals surface area contributed by atoms with Crippen LogP contribution in [0.2, 0.25) is 0 Å². The van der Waals surface area contributed by atoms with E-state index in [0.29, 0.717) is 0 Å². The molecule has 4 nitrogen and oxygen atoms in total. The number of nitrogens with zero attached hydrogens (tertiary/aromatic N) is 3. The molecule has 0 radical (unpaired) electrons. The minimum absolute atomic E-state index is 0.736. The van der Waals surface area contributed by atoms with Gasteiger partial charge in [-0.05, 0) is 35.2 Å². The van der Waals surface area contributed by atoms with E-state index in [1.54, 1.807) is 11.3 Å². The first-order chi connectivity index (χ1) is 8.85. The molecule has 1 aliphatic carbocycles. The van der Waals surface area contributed by atoms with E-state index in [9.17, 15) is 0 Å². The quantitative estimate of drug-likeness (QED) is 0.870. The number of aryl methyl sites for hydroxylation is 1. The van der Waals surface area contributed by atoms with Crippen molar-refractivity contribution in [2.75, 3.05) is 0 Å². The number of H-pyrrole nitrogens is 1. The number of aromatic nitrogens is 3. The summed E-state index contributed by atoms with van der Waals surface area (Å²) in [6.07, 6.45) is 3.53. The van der Waals surface area contributed by atoms with Gasteiger partial charge in [-0.25, -0.2) is 4.98 Å². The monoisotopic (exact) mass is 262 g/mol. The van der Waals surface area contributed by atoms with Crippen molar-refractivity contribution in [3.63, 3.8) is 0 Å². The Balaban J connectivity index is 1.66. The summed E-state index contributed by atoms with van der Waals surface area (Å²) in [5.41, 5.74) is 1.40. The summed E-state index contributed by atoms with van der Waals surface area (Å²) in [5.74, 6) is 1.91. The summed E-state index contributed by atoms with van der Waals surface area (Å²) in [5, 5.41) is 11.6. The average Bonchev–Trinajstić information content (AvgIpc) is 2.92. The van der Waals surface area contributed by atoms with Crippen LogP contribution in [0.4, 0.5) is 0 Å². The molecule has 2 heterocycles. The van der Waals surface area contributed by atoms with Crippen LogP contribution in [0.25, 0.3) is 0 Å². The molecule has 0 aliphatic heterocycles. The number of rotatable bonds is 6. The fourth-order valence-corrected chi connectivity index (χ4v) is 2.79. The Morgan fingerprint density at radius 1 is 1.44 bits per heavy atom. The van der Waals surface area contributed by atoms with Gasteiger partial charge in [0.05, 0.1) is 6.54 Å². The van der Waals surface area contributed by atoms with Crippen LogP contribution < -0.4 is 0 Å². The zero-order chi connectivity index (χ0) is 12.4. The third-order valence-corrected chi connectivity index (χ3v) is 4.01. The lowest BCUT2D eigenvalue weighted by molar-refractivity contribution is 0.240. The van der Waals surface area contributed by atoms with Crippen molar-refractivity contribution in [2.45, 2.75) is 45.3 Å². The summed E-state index contributed by atoms with van der Waals surface area (Å²) in [6.45, 7) is 3.99. The van der Waals surface area contributed by atoms with Crippen LogP contribution in [-0.2, 0) is 19.5 Å². The van der Waals surface area contributed by atoms with Gasteiger partial charge in [0.2, 0.25) is 0 Å². The van der Waals surface area contributed by atoms with E-state index < -0.39 is 0 Å². The maximum absolute atomic E-state index is 4.50. The van der Waals surface area contributed by atoms with Gasteiger partial charge in [-0.1, -0.05) is 6.92 Å². The average molecular weight is 262 g/mol. The molecular weight excluding hydrogens is 244 g/mol. The highest BCUT2D eigenvalue weighted by Gasteiger charge is 2.29. The summed E-state index contributed by atoms with van der Waals surface area (Å²) in [7, 11) is 0. The van der Waals surface area contributed by atoms with Crippen molar-refractivity contribution in [1.29, 1.82) is 0 Å². The lowest BCUT2D eigenvalue weighted by Crippen LogP contribution is -2.25. The first kappa shape index (κ1) is 11.9. The maximum atomic E-state index is 4.50. The summed E-state index contributed by atoms with van der Waals surface area (Å²) >= 11 is 1.77. The lowest BCUT2D eigenvalue weighted by atomic mass is 10.3. The Labute approximate surface area is 111 Å². The van der Waals surface area contributed by atoms with Crippen molar-refractivity contribution >= 4 is 11.3 Å². The lowest BCUT2D eigenvalue weighted by Gasteiger charge is -2.19. The van der Waals surface area contributed by atoms with Crippen LogP contribution in [0.1, 0.15) is 37.0 Å². The minimum atomic E-state index is 0.736. The fourth-order valence-electron chi connectivity index (χ4n) is 2.13. The van der Waals surface area contributed by atoms with E-state index in [2.05, 4.69) is 43.8 Å². The van der Waals surface area contributed by atoms with Gasteiger partial charge in [0.15, 0.2) is 0 Å². The van der Waals surface area contributed by atoms with Crippen LogP contribution in [0, 0.1) is 0 Å². The van der Waals surface area contributed by atoms with Crippen LogP contribution in [-0.4, -0.2) is 26.1 Å². The predicted octanol–water partition coefficient (Wildman–Crippen LogP) is 2.59. The second-order valence-corrected chi connectivity index (χ2v) is 5.60. The standard InChI is InChI=1S/C13H18N4S/c1-2-12-14-13(16-15-12)8-17(11-3-4-11)7-10-5-6-18-9-10/h5-6,9,11H,2-4,7-8H2,1H3,(H,14,15,16). The van der Waals surface area contributed by atoms with Crippen molar-refractivity contribution in [3.05, 3.63) is 34.0 Å². The van der Waals surface area contributed by atoms with Crippen LogP contribution in [0.3, 0.4) is 0 Å². The van der Waals surface area contributed by atoms with E-state index in [1.165, 1.54) is 18.4 Å². The third kappa shape index (κ3) is 2.79. The smallest absolute Gasteiger partial charge is 0.150 e. The van der Waals surface area contributed by atoms with Gasteiger partial charge in [0.1, 0.15) is 11.6 Å². The zero-order valence-electron chi connectivity index (χ0n) is 10.6. The number of hydrogen-bond donors (Lipinski definition) is 1. The highest BCUT2D eigenvalue weighted by atomic mass is 32.1. The van der Waals surface area contributed by atoms with E-state index in [0.717, 1.165) is 37.2 Å². The normalized spacial score (nSPS) is 15.4. The highest BCUT2D eigenvalue weighted by Crippen LogP contribution is 2.29. The molecule has 1 N–H and O–H groups in total. The van der Waals surface area contributed by atoms with Gasteiger partial charge in [-0.3, -0.25) is 10.00 Å². The molecule has 1 saturated carbocycles. The molecule has 0 amide bonds. The summed E-state index contributed by atoms with van der Waals surface area (Å²) in [6, 6.07) is 2.94. The Morgan fingerprint density at radius 2 is 2.33 bits per heavy atom. The second kappa shape index (κ2) is 5.20. The molecule has 2 aromatic rings.